The van der Waals surface area contributed by atoms with Crippen LogP contribution in [-0.4, -0.2) is 42.9 Å². The molecule has 0 aliphatic carbocycles. The maximum absolute atomic E-state index is 13.8. The summed E-state index contributed by atoms with van der Waals surface area (Å²) in [5.41, 5.74) is 2.63. The smallest absolute Gasteiger partial charge is 0.258 e. The highest BCUT2D eigenvalue weighted by atomic mass is 19.1. The Morgan fingerprint density at radius 2 is 1.47 bits per heavy atom. The Morgan fingerprint density at radius 3 is 2.16 bits per heavy atom. The van der Waals surface area contributed by atoms with Gasteiger partial charge in [-0.25, -0.2) is 4.39 Å². The number of carbonyl (C=O) groups excluding carboxylic acids is 2. The fraction of sp³-hybridized carbons (Fsp3) is 0.154. The van der Waals surface area contributed by atoms with E-state index in [9.17, 15) is 14.0 Å². The molecule has 0 atom stereocenters. The first-order valence-corrected chi connectivity index (χ1v) is 10.5. The maximum atomic E-state index is 13.8. The van der Waals surface area contributed by atoms with Gasteiger partial charge in [0.2, 0.25) is 5.91 Å². The van der Waals surface area contributed by atoms with Crippen LogP contribution in [-0.2, 0) is 4.79 Å². The van der Waals surface area contributed by atoms with Crippen LogP contribution in [0.1, 0.15) is 15.9 Å². The van der Waals surface area contributed by atoms with Crippen molar-refractivity contribution in [2.75, 3.05) is 36.4 Å². The molecule has 1 saturated heterocycles. The van der Waals surface area contributed by atoms with Gasteiger partial charge in [-0.15, -0.1) is 0 Å². The molecule has 1 aliphatic heterocycles. The van der Waals surface area contributed by atoms with E-state index in [1.54, 1.807) is 30.3 Å². The molecule has 3 aromatic rings. The molecule has 3 aromatic carbocycles. The predicted molar refractivity (Wildman–Crippen MR) is 125 cm³/mol. The molecule has 0 aromatic heterocycles. The van der Waals surface area contributed by atoms with Crippen LogP contribution in [0.25, 0.3) is 6.08 Å². The first kappa shape index (κ1) is 21.3. The molecule has 1 heterocycles. The van der Waals surface area contributed by atoms with Gasteiger partial charge >= 0.3 is 0 Å². The summed E-state index contributed by atoms with van der Waals surface area (Å²) in [6.45, 7) is 2.74. The molecular formula is C26H24FN3O2. The summed E-state index contributed by atoms with van der Waals surface area (Å²) in [5.74, 6) is -1.01. The molecule has 0 bridgehead atoms. The summed E-state index contributed by atoms with van der Waals surface area (Å²) in [6, 6.07) is 23.1. The van der Waals surface area contributed by atoms with E-state index in [2.05, 4.69) is 10.2 Å². The normalized spacial score (nSPS) is 13.9. The van der Waals surface area contributed by atoms with Crippen LogP contribution in [0.2, 0.25) is 0 Å². The van der Waals surface area contributed by atoms with Gasteiger partial charge in [0, 0.05) is 43.6 Å². The lowest BCUT2D eigenvalue weighted by Crippen LogP contribution is -2.48. The van der Waals surface area contributed by atoms with Gasteiger partial charge in [-0.3, -0.25) is 9.59 Å². The molecule has 5 nitrogen and oxygen atoms in total. The van der Waals surface area contributed by atoms with Gasteiger partial charge in [0.1, 0.15) is 5.82 Å². The van der Waals surface area contributed by atoms with Crippen molar-refractivity contribution in [3.63, 3.8) is 0 Å². The molecule has 0 unspecified atom stereocenters. The fourth-order valence-corrected chi connectivity index (χ4v) is 3.62. The minimum atomic E-state index is -0.548. The number of nitrogens with zero attached hydrogens (tertiary/aromatic N) is 2. The molecule has 1 fully saturated rings. The molecule has 4 rings (SSSR count). The van der Waals surface area contributed by atoms with Crippen LogP contribution < -0.4 is 10.2 Å². The lowest BCUT2D eigenvalue weighted by atomic mass is 10.2. The van der Waals surface area contributed by atoms with Gasteiger partial charge < -0.3 is 15.1 Å². The van der Waals surface area contributed by atoms with E-state index in [0.29, 0.717) is 18.8 Å². The largest absolute Gasteiger partial charge is 0.368 e. The van der Waals surface area contributed by atoms with Crippen LogP contribution in [0, 0.1) is 5.82 Å². The van der Waals surface area contributed by atoms with Crippen molar-refractivity contribution in [1.29, 1.82) is 0 Å². The van der Waals surface area contributed by atoms with Crippen molar-refractivity contribution in [3.8, 4) is 0 Å². The number of anilines is 2. The monoisotopic (exact) mass is 429 g/mol. The number of hydrogen-bond acceptors (Lipinski definition) is 3. The Labute approximate surface area is 186 Å². The summed E-state index contributed by atoms with van der Waals surface area (Å²) in [7, 11) is 0. The average Bonchev–Trinajstić information content (AvgIpc) is 2.84. The zero-order valence-electron chi connectivity index (χ0n) is 17.6. The van der Waals surface area contributed by atoms with E-state index in [0.717, 1.165) is 24.3 Å². The second-order valence-electron chi connectivity index (χ2n) is 7.54. The molecule has 6 heteroatoms. The van der Waals surface area contributed by atoms with Crippen molar-refractivity contribution in [2.45, 2.75) is 0 Å². The molecule has 0 saturated carbocycles. The zero-order chi connectivity index (χ0) is 22.3. The summed E-state index contributed by atoms with van der Waals surface area (Å²) in [6.07, 6.45) is 3.46. The summed E-state index contributed by atoms with van der Waals surface area (Å²) < 4.78 is 13.8. The highest BCUT2D eigenvalue weighted by Gasteiger charge is 2.20. The number of hydrogen-bond donors (Lipinski definition) is 1. The van der Waals surface area contributed by atoms with Crippen molar-refractivity contribution in [3.05, 3.63) is 102 Å². The fourth-order valence-electron chi connectivity index (χ4n) is 3.62. The van der Waals surface area contributed by atoms with Gasteiger partial charge in [-0.05, 0) is 48.0 Å². The van der Waals surface area contributed by atoms with Crippen molar-refractivity contribution in [1.82, 2.24) is 4.90 Å². The van der Waals surface area contributed by atoms with E-state index in [-0.39, 0.29) is 11.5 Å². The molecule has 2 amide bonds. The highest BCUT2D eigenvalue weighted by Crippen LogP contribution is 2.20. The lowest BCUT2D eigenvalue weighted by molar-refractivity contribution is -0.126. The molecule has 1 aliphatic rings. The Balaban J connectivity index is 1.30. The lowest BCUT2D eigenvalue weighted by Gasteiger charge is -2.35. The third kappa shape index (κ3) is 5.21. The Morgan fingerprint density at radius 1 is 0.812 bits per heavy atom. The van der Waals surface area contributed by atoms with Gasteiger partial charge in [-0.1, -0.05) is 42.5 Å². The van der Waals surface area contributed by atoms with Crippen LogP contribution in [0.5, 0.6) is 0 Å². The number of halogens is 1. The van der Waals surface area contributed by atoms with E-state index < -0.39 is 11.7 Å². The number of rotatable bonds is 5. The van der Waals surface area contributed by atoms with Gasteiger partial charge in [0.05, 0.1) is 5.56 Å². The quantitative estimate of drug-likeness (QED) is 0.610. The first-order valence-electron chi connectivity index (χ1n) is 10.5. The van der Waals surface area contributed by atoms with Crippen molar-refractivity contribution in [2.24, 2.45) is 0 Å². The summed E-state index contributed by atoms with van der Waals surface area (Å²) in [4.78, 5) is 28.8. The van der Waals surface area contributed by atoms with Crippen LogP contribution in [0.15, 0.2) is 84.9 Å². The standard InChI is InChI=1S/C26H24FN3O2/c27-24-9-5-4-8-23(24)26(32)28-21-11-13-22(14-12-21)29-16-18-30(19-17-29)25(31)15-10-20-6-2-1-3-7-20/h1-15H,16-19H2,(H,28,32)/b15-10-. The van der Waals surface area contributed by atoms with E-state index in [1.807, 2.05) is 53.4 Å². The minimum Gasteiger partial charge on any atom is -0.368 e. The molecule has 0 spiro atoms. The zero-order valence-corrected chi connectivity index (χ0v) is 17.6. The van der Waals surface area contributed by atoms with Gasteiger partial charge in [-0.2, -0.15) is 0 Å². The molecule has 162 valence electrons. The van der Waals surface area contributed by atoms with E-state index >= 15 is 0 Å². The SMILES string of the molecule is O=C(Nc1ccc(N2CCN(C(=O)/C=C\c3ccccc3)CC2)cc1)c1ccccc1F. The summed E-state index contributed by atoms with van der Waals surface area (Å²) >= 11 is 0. The number of piperazine rings is 1. The maximum Gasteiger partial charge on any atom is 0.258 e. The molecule has 32 heavy (non-hydrogen) atoms. The molecule has 0 radical (unpaired) electrons. The number of amides is 2. The van der Waals surface area contributed by atoms with Crippen molar-refractivity contribution >= 4 is 29.3 Å². The number of carbonyl (C=O) groups is 2. The van der Waals surface area contributed by atoms with E-state index in [1.165, 1.54) is 12.1 Å². The second kappa shape index (κ2) is 9.92. The third-order valence-corrected chi connectivity index (χ3v) is 5.42. The molecular weight excluding hydrogens is 405 g/mol. The first-order chi connectivity index (χ1) is 15.6. The Bertz CT molecular complexity index is 1110. The topological polar surface area (TPSA) is 52.7 Å². The van der Waals surface area contributed by atoms with Crippen LogP contribution in [0.4, 0.5) is 15.8 Å². The van der Waals surface area contributed by atoms with E-state index in [4.69, 9.17) is 0 Å². The highest BCUT2D eigenvalue weighted by molar-refractivity contribution is 6.04. The predicted octanol–water partition coefficient (Wildman–Crippen LogP) is 4.44. The van der Waals surface area contributed by atoms with Gasteiger partial charge in [0.25, 0.3) is 5.91 Å². The average molecular weight is 429 g/mol. The minimum absolute atomic E-state index is 0.0127. The second-order valence-corrected chi connectivity index (χ2v) is 7.54. The number of benzene rings is 3. The Hall–Kier alpha value is -3.93. The van der Waals surface area contributed by atoms with Crippen LogP contribution in [0.3, 0.4) is 0 Å². The van der Waals surface area contributed by atoms with Gasteiger partial charge in [0.15, 0.2) is 0 Å². The third-order valence-electron chi connectivity index (χ3n) is 5.42. The molecule has 1 N–H and O–H groups in total. The van der Waals surface area contributed by atoms with Crippen LogP contribution >= 0.6 is 0 Å². The number of nitrogens with one attached hydrogen (secondary N) is 1. The summed E-state index contributed by atoms with van der Waals surface area (Å²) in [5, 5.41) is 2.72. The van der Waals surface area contributed by atoms with Crippen molar-refractivity contribution < 1.29 is 14.0 Å². The Kier molecular flexibility index (Phi) is 6.60.